The lowest BCUT2D eigenvalue weighted by Crippen LogP contribution is -2.32. The first kappa shape index (κ1) is 18.3. The van der Waals surface area contributed by atoms with Gasteiger partial charge >= 0.3 is 5.97 Å². The van der Waals surface area contributed by atoms with Crippen LogP contribution >= 0.6 is 0 Å². The number of benzene rings is 1. The van der Waals surface area contributed by atoms with Crippen molar-refractivity contribution >= 4 is 17.8 Å². The fraction of sp³-hybridized carbons (Fsp3) is 0.278. The van der Waals surface area contributed by atoms with Gasteiger partial charge in [-0.25, -0.2) is 4.79 Å². The van der Waals surface area contributed by atoms with Gasteiger partial charge in [0.1, 0.15) is 0 Å². The lowest BCUT2D eigenvalue weighted by atomic mass is 10.1. The van der Waals surface area contributed by atoms with Gasteiger partial charge in [0, 0.05) is 18.2 Å². The molecule has 0 saturated carbocycles. The Labute approximate surface area is 145 Å². The van der Waals surface area contributed by atoms with Crippen LogP contribution < -0.4 is 10.6 Å². The molecule has 0 aliphatic rings. The highest BCUT2D eigenvalue weighted by Crippen LogP contribution is 2.09. The zero-order chi connectivity index (χ0) is 18.4. The van der Waals surface area contributed by atoms with Gasteiger partial charge in [0.05, 0.1) is 0 Å². The van der Waals surface area contributed by atoms with Crippen molar-refractivity contribution in [3.05, 3.63) is 59.0 Å². The largest absolute Gasteiger partial charge is 0.475 e. The first-order valence-electron chi connectivity index (χ1n) is 7.91. The number of amides is 2. The lowest BCUT2D eigenvalue weighted by Gasteiger charge is -2.12. The number of nitrogens with one attached hydrogen (secondary N) is 2. The molecule has 25 heavy (non-hydrogen) atoms. The predicted molar refractivity (Wildman–Crippen MR) is 90.5 cm³/mol. The normalized spacial score (nSPS) is 11.6. The number of carbonyl (C=O) groups is 3. The van der Waals surface area contributed by atoms with Crippen molar-refractivity contribution in [2.75, 3.05) is 0 Å². The second kappa shape index (κ2) is 8.14. The average molecular weight is 344 g/mol. The van der Waals surface area contributed by atoms with Gasteiger partial charge in [0.25, 0.3) is 11.8 Å². The molecule has 0 bridgehead atoms. The molecule has 132 valence electrons. The van der Waals surface area contributed by atoms with Crippen LogP contribution in [0.4, 0.5) is 0 Å². The van der Waals surface area contributed by atoms with Crippen molar-refractivity contribution in [1.29, 1.82) is 0 Å². The van der Waals surface area contributed by atoms with Crippen molar-refractivity contribution in [3.8, 4) is 0 Å². The lowest BCUT2D eigenvalue weighted by molar-refractivity contribution is 0.0659. The van der Waals surface area contributed by atoms with Crippen LogP contribution in [0.2, 0.25) is 0 Å². The van der Waals surface area contributed by atoms with E-state index in [-0.39, 0.29) is 30.0 Å². The minimum Gasteiger partial charge on any atom is -0.475 e. The molecular formula is C18H20N2O5. The summed E-state index contributed by atoms with van der Waals surface area (Å²) >= 11 is 0. The van der Waals surface area contributed by atoms with E-state index < -0.39 is 11.9 Å². The van der Waals surface area contributed by atoms with Crippen molar-refractivity contribution < 1.29 is 23.9 Å². The van der Waals surface area contributed by atoms with Crippen LogP contribution in [-0.2, 0) is 6.54 Å². The summed E-state index contributed by atoms with van der Waals surface area (Å²) in [4.78, 5) is 34.9. The molecule has 0 spiro atoms. The molecule has 2 aromatic rings. The van der Waals surface area contributed by atoms with Crippen LogP contribution in [0, 0.1) is 0 Å². The molecule has 0 radical (unpaired) electrons. The molecule has 1 unspecified atom stereocenters. The molecule has 2 rings (SSSR count). The summed E-state index contributed by atoms with van der Waals surface area (Å²) < 4.78 is 4.94. The van der Waals surface area contributed by atoms with E-state index >= 15 is 0 Å². The van der Waals surface area contributed by atoms with Crippen molar-refractivity contribution in [2.45, 2.75) is 32.9 Å². The van der Waals surface area contributed by atoms with Gasteiger partial charge in [-0.2, -0.15) is 0 Å². The minimum absolute atomic E-state index is 0.0805. The molecule has 1 atom stereocenters. The van der Waals surface area contributed by atoms with E-state index in [0.29, 0.717) is 5.56 Å². The summed E-state index contributed by atoms with van der Waals surface area (Å²) in [5.74, 6) is -2.31. The van der Waals surface area contributed by atoms with E-state index in [9.17, 15) is 14.4 Å². The molecule has 7 nitrogen and oxygen atoms in total. The summed E-state index contributed by atoms with van der Waals surface area (Å²) in [5.41, 5.74) is 1.26. The average Bonchev–Trinajstić information content (AvgIpc) is 3.10. The number of carboxylic acids is 1. The number of carbonyl (C=O) groups excluding carboxylic acids is 2. The SMILES string of the molecule is CCC(C)NC(=O)c1cccc(CNC(=O)c2ccc(C(=O)O)o2)c1. The monoisotopic (exact) mass is 344 g/mol. The third kappa shape index (κ3) is 4.94. The van der Waals surface area contributed by atoms with Crippen molar-refractivity contribution in [1.82, 2.24) is 10.6 Å². The fourth-order valence-corrected chi connectivity index (χ4v) is 2.08. The van der Waals surface area contributed by atoms with Crippen LogP contribution in [0.3, 0.4) is 0 Å². The third-order valence-electron chi connectivity index (χ3n) is 3.67. The highest BCUT2D eigenvalue weighted by Gasteiger charge is 2.15. The zero-order valence-electron chi connectivity index (χ0n) is 14.0. The van der Waals surface area contributed by atoms with Gasteiger partial charge in [0.15, 0.2) is 5.76 Å². The molecule has 1 heterocycles. The van der Waals surface area contributed by atoms with E-state index in [2.05, 4.69) is 10.6 Å². The highest BCUT2D eigenvalue weighted by atomic mass is 16.4. The van der Waals surface area contributed by atoms with Crippen LogP contribution in [0.1, 0.15) is 57.3 Å². The second-order valence-electron chi connectivity index (χ2n) is 5.63. The molecule has 2 amide bonds. The Morgan fingerprint density at radius 3 is 2.48 bits per heavy atom. The van der Waals surface area contributed by atoms with Gasteiger partial charge in [-0.05, 0) is 43.2 Å². The molecule has 1 aromatic carbocycles. The van der Waals surface area contributed by atoms with E-state index in [4.69, 9.17) is 9.52 Å². The first-order valence-corrected chi connectivity index (χ1v) is 7.91. The Balaban J connectivity index is 1.98. The number of rotatable bonds is 7. The Morgan fingerprint density at radius 1 is 1.12 bits per heavy atom. The molecular weight excluding hydrogens is 324 g/mol. The molecule has 0 aliphatic heterocycles. The van der Waals surface area contributed by atoms with E-state index in [1.54, 1.807) is 24.3 Å². The molecule has 0 saturated heterocycles. The minimum atomic E-state index is -1.24. The molecule has 7 heteroatoms. The maximum absolute atomic E-state index is 12.1. The molecule has 0 fully saturated rings. The van der Waals surface area contributed by atoms with E-state index in [1.165, 1.54) is 12.1 Å². The van der Waals surface area contributed by atoms with Crippen molar-refractivity contribution in [2.24, 2.45) is 0 Å². The number of furan rings is 1. The topological polar surface area (TPSA) is 109 Å². The smallest absolute Gasteiger partial charge is 0.371 e. The highest BCUT2D eigenvalue weighted by molar-refractivity contribution is 5.95. The fourth-order valence-electron chi connectivity index (χ4n) is 2.08. The molecule has 0 aliphatic carbocycles. The summed E-state index contributed by atoms with van der Waals surface area (Å²) in [6.07, 6.45) is 0.836. The van der Waals surface area contributed by atoms with Crippen molar-refractivity contribution in [3.63, 3.8) is 0 Å². The zero-order valence-corrected chi connectivity index (χ0v) is 14.0. The first-order chi connectivity index (χ1) is 11.9. The molecule has 3 N–H and O–H groups in total. The van der Waals surface area contributed by atoms with Crippen LogP contribution in [-0.4, -0.2) is 28.9 Å². The number of hydrogen-bond donors (Lipinski definition) is 3. The van der Waals surface area contributed by atoms with Gasteiger partial charge in [-0.15, -0.1) is 0 Å². The summed E-state index contributed by atoms with van der Waals surface area (Å²) in [6, 6.07) is 9.52. The third-order valence-corrected chi connectivity index (χ3v) is 3.67. The van der Waals surface area contributed by atoms with E-state index in [1.807, 2.05) is 13.8 Å². The summed E-state index contributed by atoms with van der Waals surface area (Å²) in [6.45, 7) is 4.10. The standard InChI is InChI=1S/C18H20N2O5/c1-3-11(2)20-16(21)13-6-4-5-12(9-13)10-19-17(22)14-7-8-15(25-14)18(23)24/h4-9,11H,3,10H2,1-2H3,(H,19,22)(H,20,21)(H,23,24). The number of aromatic carboxylic acids is 1. The van der Waals surface area contributed by atoms with Gasteiger partial charge in [-0.3, -0.25) is 9.59 Å². The van der Waals surface area contributed by atoms with Crippen LogP contribution in [0.15, 0.2) is 40.8 Å². The number of carboxylic acid groups (broad SMARTS) is 1. The van der Waals surface area contributed by atoms with Crippen LogP contribution in [0.5, 0.6) is 0 Å². The Kier molecular flexibility index (Phi) is 5.94. The predicted octanol–water partition coefficient (Wildman–Crippen LogP) is 2.44. The Bertz CT molecular complexity index is 781. The number of hydrogen-bond acceptors (Lipinski definition) is 4. The summed E-state index contributed by atoms with van der Waals surface area (Å²) in [7, 11) is 0. The maximum atomic E-state index is 12.1. The molecule has 1 aromatic heterocycles. The Hall–Kier alpha value is -3.09. The van der Waals surface area contributed by atoms with Gasteiger partial charge < -0.3 is 20.2 Å². The van der Waals surface area contributed by atoms with E-state index in [0.717, 1.165) is 12.0 Å². The van der Waals surface area contributed by atoms with Crippen LogP contribution in [0.25, 0.3) is 0 Å². The summed E-state index contributed by atoms with van der Waals surface area (Å²) in [5, 5.41) is 14.3. The quantitative estimate of drug-likeness (QED) is 0.715. The maximum Gasteiger partial charge on any atom is 0.371 e. The second-order valence-corrected chi connectivity index (χ2v) is 5.63. The Morgan fingerprint density at radius 2 is 1.84 bits per heavy atom. The van der Waals surface area contributed by atoms with Gasteiger partial charge in [0.2, 0.25) is 5.76 Å². The van der Waals surface area contributed by atoms with Gasteiger partial charge in [-0.1, -0.05) is 19.1 Å².